The Morgan fingerprint density at radius 2 is 2.15 bits per heavy atom. The quantitative estimate of drug-likeness (QED) is 0.656. The Bertz CT molecular complexity index is 584. The number of ether oxygens (including phenoxy) is 1. The van der Waals surface area contributed by atoms with Gasteiger partial charge >= 0.3 is 0 Å². The van der Waals surface area contributed by atoms with Gasteiger partial charge in [-0.15, -0.1) is 0 Å². The normalized spacial score (nSPS) is 15.9. The number of hydrazine groups is 1. The number of nitrogens with zero attached hydrogens (tertiary/aromatic N) is 1. The second-order valence-electron chi connectivity index (χ2n) is 4.89. The molecule has 0 amide bonds. The van der Waals surface area contributed by atoms with Gasteiger partial charge in [0.15, 0.2) is 0 Å². The van der Waals surface area contributed by atoms with E-state index in [9.17, 15) is 0 Å². The smallest absolute Gasteiger partial charge is 0.120 e. The molecule has 1 fully saturated rings. The van der Waals surface area contributed by atoms with Gasteiger partial charge in [-0.3, -0.25) is 10.8 Å². The van der Waals surface area contributed by atoms with E-state index in [1.165, 1.54) is 0 Å². The number of benzene rings is 1. The summed E-state index contributed by atoms with van der Waals surface area (Å²) in [5, 5.41) is 0.607. The lowest BCUT2D eigenvalue weighted by Gasteiger charge is -2.17. The van der Waals surface area contributed by atoms with E-state index in [4.69, 9.17) is 22.2 Å². The zero-order chi connectivity index (χ0) is 13.9. The zero-order valence-corrected chi connectivity index (χ0v) is 11.7. The molecular weight excluding hydrogens is 274 g/mol. The lowest BCUT2D eigenvalue weighted by Crippen LogP contribution is -2.29. The first-order chi connectivity index (χ1) is 9.76. The zero-order valence-electron chi connectivity index (χ0n) is 10.9. The van der Waals surface area contributed by atoms with Crippen molar-refractivity contribution in [2.75, 3.05) is 0 Å². The molecule has 1 aromatic heterocycles. The predicted octanol–water partition coefficient (Wildman–Crippen LogP) is 2.83. The first-order valence-corrected chi connectivity index (χ1v) is 6.98. The molecule has 3 rings (SSSR count). The van der Waals surface area contributed by atoms with Gasteiger partial charge in [-0.25, -0.2) is 5.43 Å². The van der Waals surface area contributed by atoms with Crippen LogP contribution in [0.15, 0.2) is 42.6 Å². The standard InChI is InChI=1S/C15H16ClN3O/c16-11-4-7-14(18-9-11)15(19-17)10-2-1-3-13(8-10)20-12-5-6-12/h1-4,7-9,12,15,19H,5-6,17H2. The molecular formula is C15H16ClN3O. The molecule has 1 atom stereocenters. The summed E-state index contributed by atoms with van der Waals surface area (Å²) >= 11 is 5.86. The van der Waals surface area contributed by atoms with Gasteiger partial charge in [0.2, 0.25) is 0 Å². The summed E-state index contributed by atoms with van der Waals surface area (Å²) in [6, 6.07) is 11.4. The average Bonchev–Trinajstić information content (AvgIpc) is 3.26. The molecule has 1 unspecified atom stereocenters. The molecule has 5 heteroatoms. The average molecular weight is 290 g/mol. The van der Waals surface area contributed by atoms with Crippen LogP contribution in [0.4, 0.5) is 0 Å². The minimum atomic E-state index is -0.185. The third-order valence-electron chi connectivity index (χ3n) is 3.23. The van der Waals surface area contributed by atoms with Gasteiger partial charge in [-0.1, -0.05) is 23.7 Å². The summed E-state index contributed by atoms with van der Waals surface area (Å²) in [6.45, 7) is 0. The van der Waals surface area contributed by atoms with Crippen molar-refractivity contribution >= 4 is 11.6 Å². The number of nitrogens with one attached hydrogen (secondary N) is 1. The molecule has 0 spiro atoms. The molecule has 0 radical (unpaired) electrons. The highest BCUT2D eigenvalue weighted by Crippen LogP contribution is 2.29. The molecule has 1 aliphatic carbocycles. The molecule has 3 N–H and O–H groups in total. The summed E-state index contributed by atoms with van der Waals surface area (Å²) in [5.74, 6) is 6.55. The third-order valence-corrected chi connectivity index (χ3v) is 3.45. The summed E-state index contributed by atoms with van der Waals surface area (Å²) in [5.41, 5.74) is 4.62. The van der Waals surface area contributed by atoms with Gasteiger partial charge in [0.1, 0.15) is 5.75 Å². The maximum atomic E-state index is 5.86. The van der Waals surface area contributed by atoms with Crippen molar-refractivity contribution in [3.05, 3.63) is 58.9 Å². The number of hydrogen-bond acceptors (Lipinski definition) is 4. The first kappa shape index (κ1) is 13.4. The highest BCUT2D eigenvalue weighted by atomic mass is 35.5. The van der Waals surface area contributed by atoms with Crippen molar-refractivity contribution in [2.24, 2.45) is 5.84 Å². The van der Waals surface area contributed by atoms with Crippen LogP contribution in [0, 0.1) is 0 Å². The third kappa shape index (κ3) is 3.10. The second kappa shape index (κ2) is 5.79. The van der Waals surface area contributed by atoms with Gasteiger partial charge in [0.05, 0.1) is 22.9 Å². The minimum Gasteiger partial charge on any atom is -0.490 e. The van der Waals surface area contributed by atoms with Crippen LogP contribution >= 0.6 is 11.6 Å². The van der Waals surface area contributed by atoms with E-state index in [1.807, 2.05) is 30.3 Å². The number of aromatic nitrogens is 1. The molecule has 1 saturated carbocycles. The fraction of sp³-hybridized carbons (Fsp3) is 0.267. The monoisotopic (exact) mass is 289 g/mol. The molecule has 20 heavy (non-hydrogen) atoms. The number of halogens is 1. The van der Waals surface area contributed by atoms with Gasteiger partial charge < -0.3 is 4.74 Å². The molecule has 1 aliphatic rings. The van der Waals surface area contributed by atoms with Gasteiger partial charge in [-0.05, 0) is 42.7 Å². The number of pyridine rings is 1. The second-order valence-corrected chi connectivity index (χ2v) is 5.33. The minimum absolute atomic E-state index is 0.185. The van der Waals surface area contributed by atoms with E-state index in [2.05, 4.69) is 10.4 Å². The Hall–Kier alpha value is -1.62. The fourth-order valence-corrected chi connectivity index (χ4v) is 2.17. The Morgan fingerprint density at radius 3 is 2.80 bits per heavy atom. The molecule has 0 aliphatic heterocycles. The summed E-state index contributed by atoms with van der Waals surface area (Å²) in [4.78, 5) is 4.31. The molecule has 4 nitrogen and oxygen atoms in total. The van der Waals surface area contributed by atoms with Crippen molar-refractivity contribution in [2.45, 2.75) is 25.0 Å². The van der Waals surface area contributed by atoms with Crippen LogP contribution in [0.1, 0.15) is 30.1 Å². The summed E-state index contributed by atoms with van der Waals surface area (Å²) < 4.78 is 5.81. The predicted molar refractivity (Wildman–Crippen MR) is 78.5 cm³/mol. The number of nitrogens with two attached hydrogens (primary N) is 1. The van der Waals surface area contributed by atoms with Crippen molar-refractivity contribution < 1.29 is 4.74 Å². The lowest BCUT2D eigenvalue weighted by molar-refractivity contribution is 0.302. The van der Waals surface area contributed by atoms with Gasteiger partial charge in [0, 0.05) is 6.20 Å². The highest BCUT2D eigenvalue weighted by Gasteiger charge is 2.24. The van der Waals surface area contributed by atoms with Crippen LogP contribution in [0.2, 0.25) is 5.02 Å². The Labute approximate surface area is 122 Å². The fourth-order valence-electron chi connectivity index (χ4n) is 2.06. The molecule has 0 saturated heterocycles. The molecule has 1 aromatic carbocycles. The summed E-state index contributed by atoms with van der Waals surface area (Å²) in [7, 11) is 0. The van der Waals surface area contributed by atoms with E-state index in [1.54, 1.807) is 12.3 Å². The first-order valence-electron chi connectivity index (χ1n) is 6.60. The van der Waals surface area contributed by atoms with E-state index >= 15 is 0 Å². The maximum Gasteiger partial charge on any atom is 0.120 e. The van der Waals surface area contributed by atoms with Crippen molar-refractivity contribution in [3.8, 4) is 5.75 Å². The van der Waals surface area contributed by atoms with Crippen LogP contribution in [0.5, 0.6) is 5.75 Å². The van der Waals surface area contributed by atoms with Crippen molar-refractivity contribution in [1.29, 1.82) is 0 Å². The summed E-state index contributed by atoms with van der Waals surface area (Å²) in [6.07, 6.45) is 4.28. The molecule has 104 valence electrons. The van der Waals surface area contributed by atoms with E-state index in [0.29, 0.717) is 11.1 Å². The largest absolute Gasteiger partial charge is 0.490 e. The lowest BCUT2D eigenvalue weighted by atomic mass is 10.0. The SMILES string of the molecule is NNC(c1cccc(OC2CC2)c1)c1ccc(Cl)cn1. The van der Waals surface area contributed by atoms with Crippen LogP contribution in [0.25, 0.3) is 0 Å². The number of rotatable bonds is 5. The van der Waals surface area contributed by atoms with Gasteiger partial charge in [0.25, 0.3) is 0 Å². The van der Waals surface area contributed by atoms with Crippen molar-refractivity contribution in [3.63, 3.8) is 0 Å². The van der Waals surface area contributed by atoms with Crippen LogP contribution in [-0.4, -0.2) is 11.1 Å². The molecule has 2 aromatic rings. The Balaban J connectivity index is 1.85. The van der Waals surface area contributed by atoms with Crippen molar-refractivity contribution in [1.82, 2.24) is 10.4 Å². The molecule has 1 heterocycles. The van der Waals surface area contributed by atoms with Crippen LogP contribution < -0.4 is 16.0 Å². The van der Waals surface area contributed by atoms with E-state index in [-0.39, 0.29) is 6.04 Å². The highest BCUT2D eigenvalue weighted by molar-refractivity contribution is 6.30. The van der Waals surface area contributed by atoms with E-state index < -0.39 is 0 Å². The van der Waals surface area contributed by atoms with E-state index in [0.717, 1.165) is 29.8 Å². The molecule has 0 bridgehead atoms. The Kier molecular flexibility index (Phi) is 3.87. The topological polar surface area (TPSA) is 60.2 Å². The number of hydrogen-bond donors (Lipinski definition) is 2. The van der Waals surface area contributed by atoms with Gasteiger partial charge in [-0.2, -0.15) is 0 Å². The van der Waals surface area contributed by atoms with Crippen LogP contribution in [0.3, 0.4) is 0 Å². The Morgan fingerprint density at radius 1 is 1.30 bits per heavy atom. The van der Waals surface area contributed by atoms with Crippen LogP contribution in [-0.2, 0) is 0 Å². The maximum absolute atomic E-state index is 5.86.